The standard InChI is InChI=1S/C20H14O6/c1-2-24-16-5-3-4-11-8-15(20(23)26-19(11)16)14-10-18(22)25-17-9-12(21)6-7-13(14)17/h3-10,21H,2H2,1H3. The fraction of sp³-hybridized carbons (Fsp3) is 0.100. The average Bonchev–Trinajstić information content (AvgIpc) is 2.61. The van der Waals surface area contributed by atoms with Crippen LogP contribution in [0.5, 0.6) is 11.5 Å². The zero-order valence-electron chi connectivity index (χ0n) is 13.8. The number of para-hydroxylation sites is 1. The molecule has 2 aromatic heterocycles. The summed E-state index contributed by atoms with van der Waals surface area (Å²) in [7, 11) is 0. The Morgan fingerprint density at radius 3 is 2.65 bits per heavy atom. The minimum atomic E-state index is -0.624. The van der Waals surface area contributed by atoms with E-state index in [9.17, 15) is 14.7 Å². The molecule has 26 heavy (non-hydrogen) atoms. The maximum absolute atomic E-state index is 12.6. The molecule has 0 aliphatic rings. The maximum Gasteiger partial charge on any atom is 0.344 e. The molecule has 130 valence electrons. The molecule has 0 radical (unpaired) electrons. The van der Waals surface area contributed by atoms with Gasteiger partial charge < -0.3 is 18.7 Å². The molecule has 0 saturated carbocycles. The molecule has 0 spiro atoms. The third-order valence-corrected chi connectivity index (χ3v) is 4.04. The molecule has 0 saturated heterocycles. The number of rotatable bonds is 3. The molecule has 6 nitrogen and oxygen atoms in total. The van der Waals surface area contributed by atoms with Crippen molar-refractivity contribution in [2.24, 2.45) is 0 Å². The summed E-state index contributed by atoms with van der Waals surface area (Å²) in [6, 6.07) is 12.6. The molecule has 0 atom stereocenters. The van der Waals surface area contributed by atoms with Crippen molar-refractivity contribution in [3.05, 3.63) is 69.4 Å². The van der Waals surface area contributed by atoms with Gasteiger partial charge in [-0.05, 0) is 31.2 Å². The van der Waals surface area contributed by atoms with Crippen LogP contribution >= 0.6 is 0 Å². The molecule has 0 aliphatic heterocycles. The lowest BCUT2D eigenvalue weighted by molar-refractivity contribution is 0.337. The molecule has 4 aromatic rings. The number of phenols is 1. The monoisotopic (exact) mass is 350 g/mol. The van der Waals surface area contributed by atoms with Crippen LogP contribution in [0.2, 0.25) is 0 Å². The van der Waals surface area contributed by atoms with Crippen LogP contribution in [0, 0.1) is 0 Å². The Morgan fingerprint density at radius 2 is 1.85 bits per heavy atom. The summed E-state index contributed by atoms with van der Waals surface area (Å²) in [6.07, 6.45) is 0. The highest BCUT2D eigenvalue weighted by Crippen LogP contribution is 2.31. The van der Waals surface area contributed by atoms with Crippen molar-refractivity contribution in [2.75, 3.05) is 6.61 Å². The Balaban J connectivity index is 2.04. The van der Waals surface area contributed by atoms with Crippen molar-refractivity contribution in [1.29, 1.82) is 0 Å². The Kier molecular flexibility index (Phi) is 3.73. The Bertz CT molecular complexity index is 1250. The molecule has 0 aliphatic carbocycles. The summed E-state index contributed by atoms with van der Waals surface area (Å²) in [4.78, 5) is 24.5. The molecular weight excluding hydrogens is 336 g/mol. The second-order valence-corrected chi connectivity index (χ2v) is 5.71. The van der Waals surface area contributed by atoms with Gasteiger partial charge in [-0.25, -0.2) is 9.59 Å². The van der Waals surface area contributed by atoms with E-state index in [4.69, 9.17) is 13.6 Å². The highest BCUT2D eigenvalue weighted by molar-refractivity contribution is 5.96. The van der Waals surface area contributed by atoms with Gasteiger partial charge in [0.05, 0.1) is 12.2 Å². The van der Waals surface area contributed by atoms with Crippen LogP contribution in [0.15, 0.2) is 67.0 Å². The minimum absolute atomic E-state index is 0.0373. The summed E-state index contributed by atoms with van der Waals surface area (Å²) >= 11 is 0. The zero-order valence-corrected chi connectivity index (χ0v) is 13.8. The second kappa shape index (κ2) is 6.07. The summed E-state index contributed by atoms with van der Waals surface area (Å²) < 4.78 is 16.1. The highest BCUT2D eigenvalue weighted by Gasteiger charge is 2.15. The van der Waals surface area contributed by atoms with E-state index in [0.29, 0.717) is 34.3 Å². The van der Waals surface area contributed by atoms with Gasteiger partial charge in [-0.1, -0.05) is 12.1 Å². The Labute approximate surface area is 146 Å². The molecule has 2 aromatic carbocycles. The van der Waals surface area contributed by atoms with Crippen molar-refractivity contribution in [3.8, 4) is 22.6 Å². The van der Waals surface area contributed by atoms with Gasteiger partial charge in [0, 0.05) is 28.5 Å². The first-order valence-corrected chi connectivity index (χ1v) is 8.04. The van der Waals surface area contributed by atoms with Crippen LogP contribution in [0.25, 0.3) is 33.1 Å². The topological polar surface area (TPSA) is 89.9 Å². The van der Waals surface area contributed by atoms with Crippen LogP contribution in [-0.2, 0) is 0 Å². The number of hydrogen-bond acceptors (Lipinski definition) is 6. The fourth-order valence-electron chi connectivity index (χ4n) is 2.95. The van der Waals surface area contributed by atoms with E-state index in [1.165, 1.54) is 18.2 Å². The van der Waals surface area contributed by atoms with E-state index < -0.39 is 11.3 Å². The van der Waals surface area contributed by atoms with Crippen LogP contribution in [-0.4, -0.2) is 11.7 Å². The molecule has 6 heteroatoms. The molecular formula is C20H14O6. The SMILES string of the molecule is CCOc1cccc2cc(-c3cc(=O)oc4cc(O)ccc34)c(=O)oc12. The van der Waals surface area contributed by atoms with Crippen molar-refractivity contribution < 1.29 is 18.7 Å². The molecule has 0 bridgehead atoms. The van der Waals surface area contributed by atoms with Crippen LogP contribution in [0.1, 0.15) is 6.92 Å². The first kappa shape index (κ1) is 16.0. The first-order chi connectivity index (χ1) is 12.6. The van der Waals surface area contributed by atoms with E-state index in [0.717, 1.165) is 0 Å². The molecule has 0 amide bonds. The summed E-state index contributed by atoms with van der Waals surface area (Å²) in [6.45, 7) is 2.29. The quantitative estimate of drug-likeness (QED) is 0.567. The smallest absolute Gasteiger partial charge is 0.344 e. The third kappa shape index (κ3) is 2.61. The highest BCUT2D eigenvalue weighted by atomic mass is 16.5. The summed E-state index contributed by atoms with van der Waals surface area (Å²) in [5.74, 6) is 0.445. The average molecular weight is 350 g/mol. The first-order valence-electron chi connectivity index (χ1n) is 8.04. The largest absolute Gasteiger partial charge is 0.508 e. The molecule has 2 heterocycles. The maximum atomic E-state index is 12.6. The normalized spacial score (nSPS) is 11.1. The van der Waals surface area contributed by atoms with Gasteiger partial charge in [0.25, 0.3) is 0 Å². The van der Waals surface area contributed by atoms with Crippen molar-refractivity contribution >= 4 is 21.9 Å². The van der Waals surface area contributed by atoms with E-state index in [-0.39, 0.29) is 16.9 Å². The molecule has 1 N–H and O–H groups in total. The van der Waals surface area contributed by atoms with E-state index in [1.54, 1.807) is 30.3 Å². The van der Waals surface area contributed by atoms with Gasteiger partial charge in [0.15, 0.2) is 11.3 Å². The van der Waals surface area contributed by atoms with Gasteiger partial charge in [-0.3, -0.25) is 0 Å². The lowest BCUT2D eigenvalue weighted by Crippen LogP contribution is -2.07. The Morgan fingerprint density at radius 1 is 1.00 bits per heavy atom. The van der Waals surface area contributed by atoms with E-state index >= 15 is 0 Å². The van der Waals surface area contributed by atoms with Gasteiger partial charge in [0.2, 0.25) is 0 Å². The molecule has 4 rings (SSSR count). The van der Waals surface area contributed by atoms with Crippen LogP contribution in [0.3, 0.4) is 0 Å². The number of hydrogen-bond donors (Lipinski definition) is 1. The van der Waals surface area contributed by atoms with E-state index in [2.05, 4.69) is 0 Å². The zero-order chi connectivity index (χ0) is 18.3. The van der Waals surface area contributed by atoms with Crippen LogP contribution < -0.4 is 16.0 Å². The van der Waals surface area contributed by atoms with Crippen LogP contribution in [0.4, 0.5) is 0 Å². The van der Waals surface area contributed by atoms with E-state index in [1.807, 2.05) is 6.92 Å². The fourth-order valence-corrected chi connectivity index (χ4v) is 2.95. The second-order valence-electron chi connectivity index (χ2n) is 5.71. The van der Waals surface area contributed by atoms with Crippen molar-refractivity contribution in [3.63, 3.8) is 0 Å². The lowest BCUT2D eigenvalue weighted by atomic mass is 10.0. The number of phenolic OH excluding ortho intramolecular Hbond substituents is 1. The Hall–Kier alpha value is -3.54. The predicted molar refractivity (Wildman–Crippen MR) is 96.8 cm³/mol. The van der Waals surface area contributed by atoms with Gasteiger partial charge >= 0.3 is 11.3 Å². The minimum Gasteiger partial charge on any atom is -0.508 e. The van der Waals surface area contributed by atoms with Gasteiger partial charge in [-0.15, -0.1) is 0 Å². The van der Waals surface area contributed by atoms with Gasteiger partial charge in [-0.2, -0.15) is 0 Å². The number of fused-ring (bicyclic) bond motifs is 2. The number of benzene rings is 2. The number of aromatic hydroxyl groups is 1. The van der Waals surface area contributed by atoms with Crippen molar-refractivity contribution in [1.82, 2.24) is 0 Å². The van der Waals surface area contributed by atoms with Crippen molar-refractivity contribution in [2.45, 2.75) is 6.92 Å². The summed E-state index contributed by atoms with van der Waals surface area (Å²) in [5.41, 5.74) is -0.0585. The predicted octanol–water partition coefficient (Wildman–Crippen LogP) is 3.67. The molecule has 0 unspecified atom stereocenters. The lowest BCUT2D eigenvalue weighted by Gasteiger charge is -2.08. The molecule has 0 fully saturated rings. The number of ether oxygens (including phenoxy) is 1. The van der Waals surface area contributed by atoms with Gasteiger partial charge in [0.1, 0.15) is 11.3 Å². The third-order valence-electron chi connectivity index (χ3n) is 4.04. The summed E-state index contributed by atoms with van der Waals surface area (Å²) in [5, 5.41) is 10.8.